The van der Waals surface area contributed by atoms with Crippen molar-refractivity contribution in [3.8, 4) is 5.69 Å². The first-order valence-corrected chi connectivity index (χ1v) is 8.26. The van der Waals surface area contributed by atoms with E-state index in [4.69, 9.17) is 5.73 Å². The van der Waals surface area contributed by atoms with Crippen LogP contribution in [0.2, 0.25) is 0 Å². The number of rotatable bonds is 3. The molecule has 3 aromatic rings. The van der Waals surface area contributed by atoms with Gasteiger partial charge in [0.05, 0.1) is 17.4 Å². The van der Waals surface area contributed by atoms with E-state index in [1.807, 2.05) is 44.2 Å². The molecule has 1 heterocycles. The molecule has 23 heavy (non-hydrogen) atoms. The molecule has 0 atom stereocenters. The van der Waals surface area contributed by atoms with Crippen LogP contribution in [0.3, 0.4) is 0 Å². The fourth-order valence-electron chi connectivity index (χ4n) is 2.55. The molecule has 5 heteroatoms. The smallest absolute Gasteiger partial charge is 0.198 e. The zero-order chi connectivity index (χ0) is 16.6. The number of hydrogen-bond acceptors (Lipinski definition) is 3. The summed E-state index contributed by atoms with van der Waals surface area (Å²) in [5.74, 6) is 0.248. The van der Waals surface area contributed by atoms with Gasteiger partial charge >= 0.3 is 0 Å². The molecule has 0 unspecified atom stereocenters. The number of aromatic nitrogens is 2. The van der Waals surface area contributed by atoms with Crippen LogP contribution in [0.5, 0.6) is 0 Å². The highest BCUT2D eigenvalue weighted by molar-refractivity contribution is 14.1. The summed E-state index contributed by atoms with van der Waals surface area (Å²) in [7, 11) is 0. The first-order valence-electron chi connectivity index (χ1n) is 7.19. The minimum absolute atomic E-state index is 0.114. The molecule has 0 saturated carbocycles. The molecule has 0 aliphatic carbocycles. The second-order valence-electron chi connectivity index (χ2n) is 5.48. The maximum atomic E-state index is 12.7. The van der Waals surface area contributed by atoms with E-state index in [0.29, 0.717) is 16.9 Å². The fourth-order valence-corrected chi connectivity index (χ4v) is 3.10. The Bertz CT molecular complexity index is 899. The molecule has 3 rings (SSSR count). The Balaban J connectivity index is 2.04. The largest absolute Gasteiger partial charge is 0.383 e. The van der Waals surface area contributed by atoms with Crippen molar-refractivity contribution in [1.29, 1.82) is 0 Å². The van der Waals surface area contributed by atoms with E-state index in [9.17, 15) is 4.79 Å². The molecule has 0 amide bonds. The molecular weight excluding hydrogens is 401 g/mol. The van der Waals surface area contributed by atoms with Gasteiger partial charge in [-0.2, -0.15) is 5.10 Å². The number of hydrogen-bond donors (Lipinski definition) is 1. The number of aryl methyl sites for hydroxylation is 2. The van der Waals surface area contributed by atoms with Crippen molar-refractivity contribution in [3.05, 3.63) is 74.5 Å². The fraction of sp³-hybridized carbons (Fsp3) is 0.111. The van der Waals surface area contributed by atoms with E-state index in [0.717, 1.165) is 14.8 Å². The van der Waals surface area contributed by atoms with Crippen LogP contribution in [0.25, 0.3) is 5.69 Å². The Morgan fingerprint density at radius 2 is 1.96 bits per heavy atom. The number of nitrogen functional groups attached to an aromatic ring is 1. The van der Waals surface area contributed by atoms with E-state index < -0.39 is 0 Å². The van der Waals surface area contributed by atoms with Gasteiger partial charge in [-0.1, -0.05) is 29.8 Å². The first kappa shape index (κ1) is 15.7. The highest BCUT2D eigenvalue weighted by Crippen LogP contribution is 2.23. The van der Waals surface area contributed by atoms with Crippen molar-refractivity contribution in [3.63, 3.8) is 0 Å². The van der Waals surface area contributed by atoms with Crippen molar-refractivity contribution in [1.82, 2.24) is 9.78 Å². The lowest BCUT2D eigenvalue weighted by molar-refractivity contribution is 0.103. The molecule has 2 aromatic carbocycles. The number of nitrogens with zero attached hydrogens (tertiary/aromatic N) is 2. The van der Waals surface area contributed by atoms with Gasteiger partial charge in [0.1, 0.15) is 5.82 Å². The van der Waals surface area contributed by atoms with Gasteiger partial charge in [-0.15, -0.1) is 0 Å². The van der Waals surface area contributed by atoms with Crippen LogP contribution in [0.1, 0.15) is 27.0 Å². The van der Waals surface area contributed by atoms with Crippen LogP contribution >= 0.6 is 22.6 Å². The van der Waals surface area contributed by atoms with Gasteiger partial charge in [0.25, 0.3) is 0 Å². The summed E-state index contributed by atoms with van der Waals surface area (Å²) in [5.41, 5.74) is 10.4. The van der Waals surface area contributed by atoms with Gasteiger partial charge < -0.3 is 5.73 Å². The van der Waals surface area contributed by atoms with Gasteiger partial charge in [-0.25, -0.2) is 4.68 Å². The summed E-state index contributed by atoms with van der Waals surface area (Å²) in [6.07, 6.45) is 1.54. The molecule has 0 aliphatic heterocycles. The van der Waals surface area contributed by atoms with Crippen LogP contribution in [0.4, 0.5) is 5.82 Å². The summed E-state index contributed by atoms with van der Waals surface area (Å²) < 4.78 is 2.63. The maximum absolute atomic E-state index is 12.7. The number of ketones is 1. The average Bonchev–Trinajstić information content (AvgIpc) is 2.88. The van der Waals surface area contributed by atoms with Crippen molar-refractivity contribution in [2.75, 3.05) is 5.73 Å². The Morgan fingerprint density at radius 1 is 1.17 bits per heavy atom. The molecular formula is C18H16IN3O. The molecule has 2 N–H and O–H groups in total. The molecule has 4 nitrogen and oxygen atoms in total. The quantitative estimate of drug-likeness (QED) is 0.520. The molecule has 0 saturated heterocycles. The third-order valence-corrected chi connectivity index (χ3v) is 4.39. The molecule has 0 spiro atoms. The maximum Gasteiger partial charge on any atom is 0.198 e. The number of anilines is 1. The van der Waals surface area contributed by atoms with Crippen molar-refractivity contribution >= 4 is 34.2 Å². The van der Waals surface area contributed by atoms with Crippen molar-refractivity contribution < 1.29 is 4.79 Å². The predicted octanol–water partition coefficient (Wildman–Crippen LogP) is 3.91. The summed E-state index contributed by atoms with van der Waals surface area (Å²) in [6, 6.07) is 13.5. The van der Waals surface area contributed by atoms with Crippen molar-refractivity contribution in [2.45, 2.75) is 13.8 Å². The number of carbonyl (C=O) groups is 1. The Hall–Kier alpha value is -2.15. The summed E-state index contributed by atoms with van der Waals surface area (Å²) in [5, 5.41) is 4.31. The van der Waals surface area contributed by atoms with Crippen LogP contribution in [-0.4, -0.2) is 15.6 Å². The van der Waals surface area contributed by atoms with Crippen LogP contribution in [0, 0.1) is 17.4 Å². The number of benzene rings is 2. The van der Waals surface area contributed by atoms with Gasteiger partial charge in [0.2, 0.25) is 0 Å². The lowest BCUT2D eigenvalue weighted by Gasteiger charge is -2.09. The van der Waals surface area contributed by atoms with Gasteiger partial charge in [0, 0.05) is 9.13 Å². The Morgan fingerprint density at radius 3 is 2.65 bits per heavy atom. The lowest BCUT2D eigenvalue weighted by atomic mass is 10.1. The monoisotopic (exact) mass is 417 g/mol. The lowest BCUT2D eigenvalue weighted by Crippen LogP contribution is -2.08. The van der Waals surface area contributed by atoms with E-state index in [1.165, 1.54) is 11.8 Å². The van der Waals surface area contributed by atoms with E-state index >= 15 is 0 Å². The highest BCUT2D eigenvalue weighted by Gasteiger charge is 2.18. The zero-order valence-corrected chi connectivity index (χ0v) is 15.0. The van der Waals surface area contributed by atoms with Gasteiger partial charge in [0.15, 0.2) is 5.78 Å². The minimum atomic E-state index is -0.114. The second-order valence-corrected chi connectivity index (χ2v) is 6.73. The second kappa shape index (κ2) is 6.16. The molecule has 1 aromatic heterocycles. The minimum Gasteiger partial charge on any atom is -0.383 e. The summed E-state index contributed by atoms with van der Waals surface area (Å²) in [6.45, 7) is 4.04. The highest BCUT2D eigenvalue weighted by atomic mass is 127. The van der Waals surface area contributed by atoms with Gasteiger partial charge in [-0.3, -0.25) is 4.79 Å². The van der Waals surface area contributed by atoms with E-state index in [2.05, 4.69) is 33.8 Å². The SMILES string of the molecule is Cc1ccc(-n2ncc(C(=O)c3cccc(I)c3)c2N)c(C)c1. The Kier molecular flexibility index (Phi) is 4.21. The zero-order valence-electron chi connectivity index (χ0n) is 12.9. The van der Waals surface area contributed by atoms with Crippen LogP contribution < -0.4 is 5.73 Å². The predicted molar refractivity (Wildman–Crippen MR) is 100 cm³/mol. The van der Waals surface area contributed by atoms with E-state index in [-0.39, 0.29) is 5.78 Å². The third-order valence-electron chi connectivity index (χ3n) is 3.72. The van der Waals surface area contributed by atoms with E-state index in [1.54, 1.807) is 10.7 Å². The van der Waals surface area contributed by atoms with Crippen LogP contribution in [-0.2, 0) is 0 Å². The third kappa shape index (κ3) is 3.01. The molecule has 0 fully saturated rings. The standard InChI is InChI=1S/C18H16IN3O/c1-11-6-7-16(12(2)8-11)22-18(20)15(10-21-22)17(23)13-4-3-5-14(19)9-13/h3-10H,20H2,1-2H3. The molecule has 0 radical (unpaired) electrons. The molecule has 116 valence electrons. The summed E-state index contributed by atoms with van der Waals surface area (Å²) in [4.78, 5) is 12.7. The first-order chi connectivity index (χ1) is 11.0. The Labute approximate surface area is 148 Å². The molecule has 0 bridgehead atoms. The molecule has 0 aliphatic rings. The number of nitrogens with two attached hydrogens (primary N) is 1. The normalized spacial score (nSPS) is 10.7. The summed E-state index contributed by atoms with van der Waals surface area (Å²) >= 11 is 2.18. The van der Waals surface area contributed by atoms with Crippen molar-refractivity contribution in [2.24, 2.45) is 0 Å². The number of carbonyl (C=O) groups excluding carboxylic acids is 1. The number of halogens is 1. The van der Waals surface area contributed by atoms with Crippen LogP contribution in [0.15, 0.2) is 48.7 Å². The topological polar surface area (TPSA) is 60.9 Å². The van der Waals surface area contributed by atoms with Gasteiger partial charge in [-0.05, 0) is 60.2 Å². The average molecular weight is 417 g/mol.